The zero-order valence-electron chi connectivity index (χ0n) is 14.3. The summed E-state index contributed by atoms with van der Waals surface area (Å²) in [6.45, 7) is 2.18. The largest absolute Gasteiger partial charge is 0.472 e. The average molecular weight is 383 g/mol. The van der Waals surface area contributed by atoms with Gasteiger partial charge in [0.2, 0.25) is 5.88 Å². The zero-order chi connectivity index (χ0) is 18.8. The molecule has 0 saturated heterocycles. The van der Waals surface area contributed by atoms with Crippen LogP contribution in [0.3, 0.4) is 0 Å². The van der Waals surface area contributed by atoms with Crippen LogP contribution in [0.4, 0.5) is 0 Å². The fraction of sp³-hybridized carbons (Fsp3) is 0.111. The molecule has 1 N–H and O–H groups in total. The summed E-state index contributed by atoms with van der Waals surface area (Å²) in [6, 6.07) is 14.7. The van der Waals surface area contributed by atoms with E-state index >= 15 is 0 Å². The summed E-state index contributed by atoms with van der Waals surface area (Å²) in [5.41, 5.74) is 2.88. The quantitative estimate of drug-likeness (QED) is 0.573. The molecule has 136 valence electrons. The molecule has 0 aliphatic rings. The maximum absolute atomic E-state index is 11.9. The van der Waals surface area contributed by atoms with Crippen molar-refractivity contribution in [3.8, 4) is 17.3 Å². The Bertz CT molecular complexity index is 1130. The molecule has 2 aromatic heterocycles. The van der Waals surface area contributed by atoms with Gasteiger partial charge in [-0.1, -0.05) is 23.7 Å². The molecule has 0 unspecified atom stereocenters. The van der Waals surface area contributed by atoms with Crippen molar-refractivity contribution in [3.05, 3.63) is 81.4 Å². The van der Waals surface area contributed by atoms with Crippen molar-refractivity contribution in [2.75, 3.05) is 0 Å². The SMILES string of the molecule is Cc1cccc(-n2nn[nH]c2=O)c1COc1ccn(-c2ccc(Cl)cc2)n1. The number of rotatable bonds is 5. The third-order valence-electron chi connectivity index (χ3n) is 4.11. The second kappa shape index (κ2) is 7.08. The number of aromatic nitrogens is 6. The van der Waals surface area contributed by atoms with Crippen LogP contribution in [0, 0.1) is 6.92 Å². The van der Waals surface area contributed by atoms with Crippen molar-refractivity contribution in [2.24, 2.45) is 0 Å². The summed E-state index contributed by atoms with van der Waals surface area (Å²) < 4.78 is 8.75. The van der Waals surface area contributed by atoms with Gasteiger partial charge in [-0.05, 0) is 53.2 Å². The number of hydrogen-bond acceptors (Lipinski definition) is 5. The lowest BCUT2D eigenvalue weighted by Gasteiger charge is -2.11. The van der Waals surface area contributed by atoms with Crippen molar-refractivity contribution in [1.82, 2.24) is 30.0 Å². The van der Waals surface area contributed by atoms with E-state index in [1.807, 2.05) is 31.2 Å². The number of aryl methyl sites for hydroxylation is 1. The molecular weight excluding hydrogens is 368 g/mol. The monoisotopic (exact) mass is 382 g/mol. The number of H-pyrrole nitrogens is 1. The lowest BCUT2D eigenvalue weighted by molar-refractivity contribution is 0.290. The lowest BCUT2D eigenvalue weighted by Crippen LogP contribution is -2.18. The van der Waals surface area contributed by atoms with E-state index in [1.165, 1.54) is 4.68 Å². The molecule has 0 radical (unpaired) electrons. The fourth-order valence-corrected chi connectivity index (χ4v) is 2.82. The summed E-state index contributed by atoms with van der Waals surface area (Å²) in [4.78, 5) is 11.9. The van der Waals surface area contributed by atoms with Gasteiger partial charge in [0, 0.05) is 22.8 Å². The van der Waals surface area contributed by atoms with E-state index in [2.05, 4.69) is 20.6 Å². The van der Waals surface area contributed by atoms with Gasteiger partial charge in [0.25, 0.3) is 0 Å². The number of nitrogens with zero attached hydrogens (tertiary/aromatic N) is 5. The second-order valence-corrected chi connectivity index (χ2v) is 6.29. The Balaban J connectivity index is 1.57. The van der Waals surface area contributed by atoms with E-state index in [-0.39, 0.29) is 6.61 Å². The topological polar surface area (TPSA) is 90.6 Å². The predicted octanol–water partition coefficient (Wildman–Crippen LogP) is 2.68. The van der Waals surface area contributed by atoms with Crippen LogP contribution in [0.15, 0.2) is 59.5 Å². The van der Waals surface area contributed by atoms with E-state index in [4.69, 9.17) is 16.3 Å². The Morgan fingerprint density at radius 3 is 2.70 bits per heavy atom. The minimum Gasteiger partial charge on any atom is -0.472 e. The summed E-state index contributed by atoms with van der Waals surface area (Å²) in [5.74, 6) is 0.464. The van der Waals surface area contributed by atoms with E-state index in [0.29, 0.717) is 16.6 Å². The molecule has 4 aromatic rings. The van der Waals surface area contributed by atoms with Crippen molar-refractivity contribution in [2.45, 2.75) is 13.5 Å². The van der Waals surface area contributed by atoms with Crippen LogP contribution in [0.2, 0.25) is 5.02 Å². The van der Waals surface area contributed by atoms with Crippen molar-refractivity contribution >= 4 is 11.6 Å². The summed E-state index contributed by atoms with van der Waals surface area (Å²) in [6.07, 6.45) is 1.81. The number of halogens is 1. The zero-order valence-corrected chi connectivity index (χ0v) is 15.1. The van der Waals surface area contributed by atoms with Crippen LogP contribution in [0.1, 0.15) is 11.1 Å². The molecule has 0 aliphatic carbocycles. The Morgan fingerprint density at radius 1 is 1.15 bits per heavy atom. The second-order valence-electron chi connectivity index (χ2n) is 5.85. The number of aromatic amines is 1. The molecule has 0 fully saturated rings. The number of benzene rings is 2. The Kier molecular flexibility index (Phi) is 4.47. The Labute approximate surface area is 159 Å². The third kappa shape index (κ3) is 3.47. The van der Waals surface area contributed by atoms with Crippen LogP contribution in [-0.4, -0.2) is 30.0 Å². The molecule has 27 heavy (non-hydrogen) atoms. The van der Waals surface area contributed by atoms with Gasteiger partial charge in [-0.3, -0.25) is 0 Å². The smallest absolute Gasteiger partial charge is 0.365 e. The summed E-state index contributed by atoms with van der Waals surface area (Å²) in [5, 5.41) is 14.7. The van der Waals surface area contributed by atoms with Gasteiger partial charge in [0.05, 0.1) is 11.4 Å². The summed E-state index contributed by atoms with van der Waals surface area (Å²) >= 11 is 5.91. The molecule has 0 atom stereocenters. The highest BCUT2D eigenvalue weighted by Crippen LogP contribution is 2.20. The first-order valence-electron chi connectivity index (χ1n) is 8.15. The van der Waals surface area contributed by atoms with Crippen LogP contribution in [0.25, 0.3) is 11.4 Å². The van der Waals surface area contributed by atoms with Crippen LogP contribution in [0.5, 0.6) is 5.88 Å². The van der Waals surface area contributed by atoms with Gasteiger partial charge in [0.1, 0.15) is 6.61 Å². The number of ether oxygens (including phenoxy) is 1. The van der Waals surface area contributed by atoms with Crippen LogP contribution < -0.4 is 10.4 Å². The molecule has 0 saturated carbocycles. The normalized spacial score (nSPS) is 10.9. The molecular formula is C18H15ClN6O2. The fourth-order valence-electron chi connectivity index (χ4n) is 2.70. The summed E-state index contributed by atoms with van der Waals surface area (Å²) in [7, 11) is 0. The van der Waals surface area contributed by atoms with E-state index in [1.54, 1.807) is 35.1 Å². The average Bonchev–Trinajstić information content (AvgIpc) is 3.30. The number of tetrazole rings is 1. The van der Waals surface area contributed by atoms with Crippen molar-refractivity contribution in [3.63, 3.8) is 0 Å². The van der Waals surface area contributed by atoms with E-state index in [9.17, 15) is 4.79 Å². The number of hydrogen-bond donors (Lipinski definition) is 1. The first kappa shape index (κ1) is 17.0. The first-order valence-corrected chi connectivity index (χ1v) is 8.53. The third-order valence-corrected chi connectivity index (χ3v) is 4.36. The molecule has 2 heterocycles. The van der Waals surface area contributed by atoms with Crippen molar-refractivity contribution < 1.29 is 4.74 Å². The molecule has 4 rings (SSSR count). The maximum atomic E-state index is 11.9. The van der Waals surface area contributed by atoms with Crippen molar-refractivity contribution in [1.29, 1.82) is 0 Å². The standard InChI is InChI=1S/C18H15ClN6O2/c1-12-3-2-4-16(25-18(26)20-22-23-25)15(12)11-27-17-9-10-24(21-17)14-7-5-13(19)6-8-14/h2-10H,11H2,1H3,(H,20,23,26). The van der Waals surface area contributed by atoms with Crippen LogP contribution in [-0.2, 0) is 6.61 Å². The first-order chi connectivity index (χ1) is 13.1. The minimum atomic E-state index is -0.408. The minimum absolute atomic E-state index is 0.235. The molecule has 0 amide bonds. The highest BCUT2D eigenvalue weighted by Gasteiger charge is 2.13. The van der Waals surface area contributed by atoms with Gasteiger partial charge in [-0.25, -0.2) is 14.6 Å². The van der Waals surface area contributed by atoms with E-state index in [0.717, 1.165) is 16.8 Å². The van der Waals surface area contributed by atoms with Gasteiger partial charge in [0.15, 0.2) is 0 Å². The maximum Gasteiger partial charge on any atom is 0.365 e. The van der Waals surface area contributed by atoms with Crippen LogP contribution >= 0.6 is 11.6 Å². The Hall–Kier alpha value is -3.39. The lowest BCUT2D eigenvalue weighted by atomic mass is 10.1. The van der Waals surface area contributed by atoms with Gasteiger partial charge in [-0.15, -0.1) is 5.10 Å². The molecule has 0 spiro atoms. The van der Waals surface area contributed by atoms with E-state index < -0.39 is 5.69 Å². The highest BCUT2D eigenvalue weighted by molar-refractivity contribution is 6.30. The van der Waals surface area contributed by atoms with Gasteiger partial charge < -0.3 is 4.74 Å². The number of nitrogens with one attached hydrogen (secondary N) is 1. The molecule has 0 aliphatic heterocycles. The highest BCUT2D eigenvalue weighted by atomic mass is 35.5. The van der Waals surface area contributed by atoms with Gasteiger partial charge >= 0.3 is 5.69 Å². The molecule has 9 heteroatoms. The molecule has 0 bridgehead atoms. The molecule has 8 nitrogen and oxygen atoms in total. The molecule has 2 aromatic carbocycles. The van der Waals surface area contributed by atoms with Gasteiger partial charge in [-0.2, -0.15) is 4.68 Å². The Morgan fingerprint density at radius 2 is 1.96 bits per heavy atom. The predicted molar refractivity (Wildman–Crippen MR) is 99.6 cm³/mol.